The summed E-state index contributed by atoms with van der Waals surface area (Å²) >= 11 is 5.89. The molecule has 0 amide bonds. The highest BCUT2D eigenvalue weighted by Crippen LogP contribution is 2.44. The van der Waals surface area contributed by atoms with Crippen molar-refractivity contribution in [3.8, 4) is 0 Å². The Morgan fingerprint density at radius 3 is 2.75 bits per heavy atom. The number of nitrogens with zero attached hydrogens (tertiary/aromatic N) is 2. The van der Waals surface area contributed by atoms with Gasteiger partial charge in [-0.2, -0.15) is 0 Å². The van der Waals surface area contributed by atoms with Gasteiger partial charge in [-0.3, -0.25) is 15.1 Å². The summed E-state index contributed by atoms with van der Waals surface area (Å²) in [6.07, 6.45) is -4.22. The summed E-state index contributed by atoms with van der Waals surface area (Å²) in [6.45, 7) is 2.69. The van der Waals surface area contributed by atoms with Gasteiger partial charge in [0.1, 0.15) is 24.0 Å². The van der Waals surface area contributed by atoms with Gasteiger partial charge in [0.15, 0.2) is 6.17 Å². The number of halogens is 2. The fraction of sp³-hybridized carbons (Fsp3) is 0.684. The molecule has 1 aromatic carbocycles. The molecule has 0 aromatic heterocycles. The summed E-state index contributed by atoms with van der Waals surface area (Å²) in [5, 5.41) is 25.5. The lowest BCUT2D eigenvalue weighted by Gasteiger charge is -2.44. The number of nitrogens with one attached hydrogen (secondary N) is 1. The van der Waals surface area contributed by atoms with E-state index in [1.165, 1.54) is 6.92 Å². The zero-order valence-corrected chi connectivity index (χ0v) is 16.8. The molecule has 7 nitrogen and oxygen atoms in total. The zero-order valence-electron chi connectivity index (χ0n) is 16.0. The van der Waals surface area contributed by atoms with E-state index in [0.29, 0.717) is 23.8 Å². The standard InChI is InChI=1S/C19H28ClFN4O3/c1-19(27)14(26)18(25-8-7-12-16(22)23-9-24(2)17(12)25)28-15(19)13(21)10-3-5-11(20)6-4-10/h3-6,12-18,23,26-27H,7-9,22H2,1-2H3/t12?,13-,14+,15-,16?,17?,18-,19+/m1/s1. The minimum Gasteiger partial charge on any atom is -0.386 e. The van der Waals surface area contributed by atoms with Gasteiger partial charge in [-0.05, 0) is 38.1 Å². The normalized spacial score (nSPS) is 43.2. The van der Waals surface area contributed by atoms with Gasteiger partial charge in [-0.1, -0.05) is 23.7 Å². The Bertz CT molecular complexity index is 709. The molecule has 1 aromatic rings. The van der Waals surface area contributed by atoms with Crippen LogP contribution in [0.2, 0.25) is 5.02 Å². The van der Waals surface area contributed by atoms with Gasteiger partial charge in [0.2, 0.25) is 0 Å². The number of aliphatic hydroxyl groups excluding tert-OH is 1. The maximum Gasteiger partial charge on any atom is 0.154 e. The van der Waals surface area contributed by atoms with Crippen LogP contribution >= 0.6 is 11.6 Å². The van der Waals surface area contributed by atoms with Crippen LogP contribution in [0.5, 0.6) is 0 Å². The van der Waals surface area contributed by atoms with Crippen LogP contribution < -0.4 is 11.1 Å². The predicted octanol–water partition coefficient (Wildman–Crippen LogP) is 0.613. The Morgan fingerprint density at radius 2 is 2.07 bits per heavy atom. The van der Waals surface area contributed by atoms with Gasteiger partial charge in [-0.15, -0.1) is 0 Å². The Morgan fingerprint density at radius 1 is 1.39 bits per heavy atom. The monoisotopic (exact) mass is 414 g/mol. The first-order chi connectivity index (χ1) is 13.2. The number of benzene rings is 1. The number of likely N-dealkylation sites (tertiary alicyclic amines) is 1. The van der Waals surface area contributed by atoms with Gasteiger partial charge >= 0.3 is 0 Å². The molecule has 8 atom stereocenters. The molecule has 0 radical (unpaired) electrons. The summed E-state index contributed by atoms with van der Waals surface area (Å²) in [5.41, 5.74) is 4.82. The summed E-state index contributed by atoms with van der Waals surface area (Å²) in [5.74, 6) is 0.163. The van der Waals surface area contributed by atoms with Crippen LogP contribution in [0.25, 0.3) is 0 Å². The maximum absolute atomic E-state index is 15.3. The van der Waals surface area contributed by atoms with E-state index in [1.807, 2.05) is 11.9 Å². The van der Waals surface area contributed by atoms with Crippen molar-refractivity contribution in [2.24, 2.45) is 11.7 Å². The van der Waals surface area contributed by atoms with E-state index in [2.05, 4.69) is 10.2 Å². The quantitative estimate of drug-likeness (QED) is 0.575. The zero-order chi connectivity index (χ0) is 20.2. The van der Waals surface area contributed by atoms with Gasteiger partial charge < -0.3 is 20.7 Å². The average Bonchev–Trinajstić information content (AvgIpc) is 3.19. The van der Waals surface area contributed by atoms with E-state index in [9.17, 15) is 10.2 Å². The second-order valence-electron chi connectivity index (χ2n) is 8.32. The lowest BCUT2D eigenvalue weighted by Crippen LogP contribution is -2.65. The molecule has 3 saturated heterocycles. The lowest BCUT2D eigenvalue weighted by atomic mass is 9.89. The molecule has 0 aliphatic carbocycles. The second kappa shape index (κ2) is 7.45. The second-order valence-corrected chi connectivity index (χ2v) is 8.76. The molecule has 0 saturated carbocycles. The van der Waals surface area contributed by atoms with Crippen molar-refractivity contribution in [3.63, 3.8) is 0 Å². The average molecular weight is 415 g/mol. The molecule has 9 heteroatoms. The summed E-state index contributed by atoms with van der Waals surface area (Å²) < 4.78 is 21.3. The fourth-order valence-electron chi connectivity index (χ4n) is 4.81. The molecule has 3 aliphatic heterocycles. The van der Waals surface area contributed by atoms with Crippen molar-refractivity contribution in [3.05, 3.63) is 34.9 Å². The Kier molecular flexibility index (Phi) is 5.43. The molecule has 0 spiro atoms. The highest BCUT2D eigenvalue weighted by Gasteiger charge is 2.59. The largest absolute Gasteiger partial charge is 0.386 e. The van der Waals surface area contributed by atoms with Gasteiger partial charge in [0.05, 0.1) is 19.0 Å². The first-order valence-electron chi connectivity index (χ1n) is 9.62. The molecule has 3 aliphatic rings. The summed E-state index contributed by atoms with van der Waals surface area (Å²) in [6, 6.07) is 6.32. The minimum atomic E-state index is -1.74. The summed E-state index contributed by atoms with van der Waals surface area (Å²) in [7, 11) is 1.97. The first-order valence-corrected chi connectivity index (χ1v) is 10.00. The van der Waals surface area contributed by atoms with Crippen LogP contribution in [0.4, 0.5) is 4.39 Å². The number of hydrogen-bond donors (Lipinski definition) is 4. The van der Waals surface area contributed by atoms with Crippen LogP contribution in [-0.2, 0) is 4.74 Å². The molecule has 3 heterocycles. The maximum atomic E-state index is 15.3. The Balaban J connectivity index is 1.57. The molecule has 156 valence electrons. The van der Waals surface area contributed by atoms with E-state index >= 15 is 4.39 Å². The van der Waals surface area contributed by atoms with Crippen molar-refractivity contribution in [2.45, 2.75) is 55.9 Å². The van der Waals surface area contributed by atoms with Crippen molar-refractivity contribution in [1.82, 2.24) is 15.1 Å². The number of rotatable bonds is 3. The van der Waals surface area contributed by atoms with Gasteiger partial charge in [-0.25, -0.2) is 4.39 Å². The van der Waals surface area contributed by atoms with Crippen LogP contribution in [0.3, 0.4) is 0 Å². The Hall–Kier alpha value is -0.840. The van der Waals surface area contributed by atoms with Gasteiger partial charge in [0, 0.05) is 17.5 Å². The van der Waals surface area contributed by atoms with E-state index in [-0.39, 0.29) is 18.2 Å². The van der Waals surface area contributed by atoms with Crippen LogP contribution in [-0.4, -0.2) is 76.6 Å². The topological polar surface area (TPSA) is 94.2 Å². The number of alkyl halides is 1. The fourth-order valence-corrected chi connectivity index (χ4v) is 4.93. The van der Waals surface area contributed by atoms with Crippen molar-refractivity contribution in [2.75, 3.05) is 20.3 Å². The predicted molar refractivity (Wildman–Crippen MR) is 103 cm³/mol. The number of hydrogen-bond acceptors (Lipinski definition) is 7. The third-order valence-electron chi connectivity index (χ3n) is 6.44. The number of fused-ring (bicyclic) bond motifs is 1. The molecular formula is C19H28ClFN4O3. The SMILES string of the molecule is CN1CNC(N)C2CCN([C@@H]3O[C@H]([C@H](F)c4ccc(Cl)cc4)[C@@](C)(O)[C@H]3O)C21. The van der Waals surface area contributed by atoms with Crippen LogP contribution in [0.1, 0.15) is 25.1 Å². The van der Waals surface area contributed by atoms with Crippen molar-refractivity contribution < 1.29 is 19.3 Å². The number of ether oxygens (including phenoxy) is 1. The van der Waals surface area contributed by atoms with E-state index in [4.69, 9.17) is 22.1 Å². The molecule has 0 bridgehead atoms. The summed E-state index contributed by atoms with van der Waals surface area (Å²) in [4.78, 5) is 4.10. The third kappa shape index (κ3) is 3.26. The van der Waals surface area contributed by atoms with E-state index in [1.54, 1.807) is 24.3 Å². The minimum absolute atomic E-state index is 0.0426. The van der Waals surface area contributed by atoms with Crippen LogP contribution in [0, 0.1) is 5.92 Å². The molecule has 3 fully saturated rings. The highest BCUT2D eigenvalue weighted by atomic mass is 35.5. The Labute approximate surface area is 169 Å². The highest BCUT2D eigenvalue weighted by molar-refractivity contribution is 6.30. The van der Waals surface area contributed by atoms with E-state index < -0.39 is 30.2 Å². The van der Waals surface area contributed by atoms with Crippen molar-refractivity contribution >= 4 is 11.6 Å². The lowest BCUT2D eigenvalue weighted by molar-refractivity contribution is -0.139. The third-order valence-corrected chi connectivity index (χ3v) is 6.70. The molecule has 3 unspecified atom stereocenters. The molecule has 4 rings (SSSR count). The van der Waals surface area contributed by atoms with E-state index in [0.717, 1.165) is 6.42 Å². The van der Waals surface area contributed by atoms with Crippen molar-refractivity contribution in [1.29, 1.82) is 0 Å². The first kappa shape index (κ1) is 20.4. The smallest absolute Gasteiger partial charge is 0.154 e. The number of nitrogens with two attached hydrogens (primary N) is 1. The number of aliphatic hydroxyl groups is 2. The van der Waals surface area contributed by atoms with Crippen LogP contribution in [0.15, 0.2) is 24.3 Å². The molecule has 28 heavy (non-hydrogen) atoms. The van der Waals surface area contributed by atoms with Gasteiger partial charge in [0.25, 0.3) is 0 Å². The molecule has 5 N–H and O–H groups in total. The molecular weight excluding hydrogens is 387 g/mol.